The second-order valence-electron chi connectivity index (χ2n) is 3.73. The molecule has 0 atom stereocenters. The molecule has 1 aromatic heterocycles. The largest absolute Gasteiger partial charge is 0.472 e. The first-order valence-electron chi connectivity index (χ1n) is 5.82. The smallest absolute Gasteiger partial charge is 0.340 e. The van der Waals surface area contributed by atoms with Crippen LogP contribution in [0.1, 0.15) is 27.6 Å². The minimum atomic E-state index is -0.467. The highest BCUT2D eigenvalue weighted by molar-refractivity contribution is 6.07. The highest BCUT2D eigenvalue weighted by Gasteiger charge is 2.15. The number of esters is 1. The fourth-order valence-corrected chi connectivity index (χ4v) is 1.57. The molecule has 0 saturated heterocycles. The first-order chi connectivity index (χ1) is 9.22. The number of hydrogen-bond acceptors (Lipinski definition) is 4. The van der Waals surface area contributed by atoms with Gasteiger partial charge in [0, 0.05) is 0 Å². The van der Waals surface area contributed by atoms with Gasteiger partial charge in [0.25, 0.3) is 5.91 Å². The number of rotatable bonds is 4. The number of ether oxygens (including phenoxy) is 1. The Morgan fingerprint density at radius 2 is 2.05 bits per heavy atom. The van der Waals surface area contributed by atoms with Crippen LogP contribution in [0.5, 0.6) is 0 Å². The second kappa shape index (κ2) is 5.86. The molecule has 1 amide bonds. The number of para-hydroxylation sites is 1. The van der Waals surface area contributed by atoms with E-state index in [1.165, 1.54) is 12.5 Å². The van der Waals surface area contributed by atoms with Gasteiger partial charge in [-0.2, -0.15) is 0 Å². The number of amides is 1. The number of nitrogens with one attached hydrogen (secondary N) is 1. The van der Waals surface area contributed by atoms with Gasteiger partial charge in [-0.1, -0.05) is 12.1 Å². The Bertz CT molecular complexity index is 575. The Balaban J connectivity index is 2.21. The molecule has 5 heteroatoms. The topological polar surface area (TPSA) is 68.5 Å². The molecule has 0 bridgehead atoms. The van der Waals surface area contributed by atoms with Gasteiger partial charge in [0.1, 0.15) is 6.26 Å². The van der Waals surface area contributed by atoms with Crippen molar-refractivity contribution in [2.45, 2.75) is 6.92 Å². The Labute approximate surface area is 110 Å². The van der Waals surface area contributed by atoms with Crippen molar-refractivity contribution in [3.05, 3.63) is 54.0 Å². The molecule has 0 fully saturated rings. The molecule has 1 heterocycles. The standard InChI is InChI=1S/C14H13NO4/c1-2-19-14(17)11-5-3-4-6-12(11)15-13(16)10-7-8-18-9-10/h3-9H,2H2,1H3,(H,15,16). The Hall–Kier alpha value is -2.56. The highest BCUT2D eigenvalue weighted by atomic mass is 16.5. The number of carbonyl (C=O) groups is 2. The van der Waals surface area contributed by atoms with Crippen molar-refractivity contribution >= 4 is 17.6 Å². The first-order valence-corrected chi connectivity index (χ1v) is 5.82. The van der Waals surface area contributed by atoms with Crippen LogP contribution in [0.2, 0.25) is 0 Å². The fourth-order valence-electron chi connectivity index (χ4n) is 1.57. The maximum atomic E-state index is 11.9. The normalized spacial score (nSPS) is 9.95. The number of hydrogen-bond donors (Lipinski definition) is 1. The maximum absolute atomic E-state index is 11.9. The molecule has 0 aliphatic heterocycles. The summed E-state index contributed by atoms with van der Waals surface area (Å²) in [6.45, 7) is 2.01. The van der Waals surface area contributed by atoms with Crippen molar-refractivity contribution in [1.29, 1.82) is 0 Å². The molecule has 1 N–H and O–H groups in total. The number of benzene rings is 1. The SMILES string of the molecule is CCOC(=O)c1ccccc1NC(=O)c1ccoc1. The average molecular weight is 259 g/mol. The molecule has 0 aliphatic rings. The zero-order valence-corrected chi connectivity index (χ0v) is 10.4. The summed E-state index contributed by atoms with van der Waals surface area (Å²) in [5.41, 5.74) is 1.12. The van der Waals surface area contributed by atoms with Gasteiger partial charge in [-0.05, 0) is 25.1 Å². The maximum Gasteiger partial charge on any atom is 0.340 e. The van der Waals surface area contributed by atoms with E-state index in [1.54, 1.807) is 37.3 Å². The third-order valence-electron chi connectivity index (χ3n) is 2.45. The predicted molar refractivity (Wildman–Crippen MR) is 69.1 cm³/mol. The molecule has 1 aromatic carbocycles. The molecule has 2 aromatic rings. The van der Waals surface area contributed by atoms with Crippen LogP contribution >= 0.6 is 0 Å². The van der Waals surface area contributed by atoms with Gasteiger partial charge in [0.15, 0.2) is 0 Å². The van der Waals surface area contributed by atoms with Crippen LogP contribution in [0.25, 0.3) is 0 Å². The van der Waals surface area contributed by atoms with Crippen LogP contribution in [0.3, 0.4) is 0 Å². The molecule has 0 saturated carbocycles. The van der Waals surface area contributed by atoms with Gasteiger partial charge in [-0.25, -0.2) is 4.79 Å². The Morgan fingerprint density at radius 1 is 1.26 bits per heavy atom. The summed E-state index contributed by atoms with van der Waals surface area (Å²) in [6.07, 6.45) is 2.74. The van der Waals surface area contributed by atoms with E-state index in [9.17, 15) is 9.59 Å². The van der Waals surface area contributed by atoms with Crippen LogP contribution < -0.4 is 5.32 Å². The zero-order valence-electron chi connectivity index (χ0n) is 10.4. The second-order valence-corrected chi connectivity index (χ2v) is 3.73. The van der Waals surface area contributed by atoms with Gasteiger partial charge in [0.2, 0.25) is 0 Å². The van der Waals surface area contributed by atoms with Crippen LogP contribution in [-0.2, 0) is 4.74 Å². The Kier molecular flexibility index (Phi) is 3.97. The van der Waals surface area contributed by atoms with Crippen LogP contribution in [0.4, 0.5) is 5.69 Å². The quantitative estimate of drug-likeness (QED) is 0.857. The van der Waals surface area contributed by atoms with Crippen molar-refractivity contribution in [2.75, 3.05) is 11.9 Å². The van der Waals surface area contributed by atoms with Crippen molar-refractivity contribution in [3.63, 3.8) is 0 Å². The molecule has 0 aliphatic carbocycles. The summed E-state index contributed by atoms with van der Waals surface area (Å²) in [4.78, 5) is 23.6. The van der Waals surface area contributed by atoms with Crippen molar-refractivity contribution in [1.82, 2.24) is 0 Å². The van der Waals surface area contributed by atoms with E-state index < -0.39 is 5.97 Å². The van der Waals surface area contributed by atoms with Gasteiger partial charge in [-0.15, -0.1) is 0 Å². The monoisotopic (exact) mass is 259 g/mol. The average Bonchev–Trinajstić information content (AvgIpc) is 2.93. The van der Waals surface area contributed by atoms with E-state index in [1.807, 2.05) is 0 Å². The van der Waals surface area contributed by atoms with E-state index in [4.69, 9.17) is 9.15 Å². The van der Waals surface area contributed by atoms with Crippen molar-refractivity contribution in [3.8, 4) is 0 Å². The van der Waals surface area contributed by atoms with E-state index in [2.05, 4.69) is 5.32 Å². The molecular formula is C14H13NO4. The van der Waals surface area contributed by atoms with E-state index in [0.717, 1.165) is 0 Å². The van der Waals surface area contributed by atoms with Gasteiger partial charge < -0.3 is 14.5 Å². The van der Waals surface area contributed by atoms with Crippen LogP contribution in [0, 0.1) is 0 Å². The number of furan rings is 1. The van der Waals surface area contributed by atoms with Crippen LogP contribution in [0.15, 0.2) is 47.3 Å². The summed E-state index contributed by atoms with van der Waals surface area (Å²) < 4.78 is 9.77. The molecule has 2 rings (SSSR count). The zero-order chi connectivity index (χ0) is 13.7. The molecular weight excluding hydrogens is 246 g/mol. The lowest BCUT2D eigenvalue weighted by atomic mass is 10.1. The van der Waals surface area contributed by atoms with E-state index in [-0.39, 0.29) is 12.5 Å². The third-order valence-corrected chi connectivity index (χ3v) is 2.45. The van der Waals surface area contributed by atoms with Gasteiger partial charge >= 0.3 is 5.97 Å². The lowest BCUT2D eigenvalue weighted by Crippen LogP contribution is -2.15. The Morgan fingerprint density at radius 3 is 2.74 bits per heavy atom. The molecule has 0 spiro atoms. The van der Waals surface area contributed by atoms with Crippen LogP contribution in [-0.4, -0.2) is 18.5 Å². The molecule has 0 radical (unpaired) electrons. The van der Waals surface area contributed by atoms with Crippen molar-refractivity contribution < 1.29 is 18.7 Å². The fraction of sp³-hybridized carbons (Fsp3) is 0.143. The minimum Gasteiger partial charge on any atom is -0.472 e. The van der Waals surface area contributed by atoms with Gasteiger partial charge in [0.05, 0.1) is 29.7 Å². The minimum absolute atomic E-state index is 0.281. The van der Waals surface area contributed by atoms with Crippen molar-refractivity contribution in [2.24, 2.45) is 0 Å². The van der Waals surface area contributed by atoms with E-state index in [0.29, 0.717) is 16.8 Å². The summed E-state index contributed by atoms with van der Waals surface area (Å²) in [5, 5.41) is 2.65. The summed E-state index contributed by atoms with van der Waals surface area (Å²) >= 11 is 0. The molecule has 98 valence electrons. The molecule has 5 nitrogen and oxygen atoms in total. The summed E-state index contributed by atoms with van der Waals surface area (Å²) in [5.74, 6) is -0.809. The summed E-state index contributed by atoms with van der Waals surface area (Å²) in [6, 6.07) is 8.23. The number of carbonyl (C=O) groups excluding carboxylic acids is 2. The molecule has 19 heavy (non-hydrogen) atoms. The molecule has 0 unspecified atom stereocenters. The third kappa shape index (κ3) is 3.01. The lowest BCUT2D eigenvalue weighted by Gasteiger charge is -2.09. The first kappa shape index (κ1) is 12.9. The summed E-state index contributed by atoms with van der Waals surface area (Å²) in [7, 11) is 0. The predicted octanol–water partition coefficient (Wildman–Crippen LogP) is 2.71. The van der Waals surface area contributed by atoms with Gasteiger partial charge in [-0.3, -0.25) is 4.79 Å². The lowest BCUT2D eigenvalue weighted by molar-refractivity contribution is 0.0527. The van der Waals surface area contributed by atoms with E-state index >= 15 is 0 Å². The number of anilines is 1. The highest BCUT2D eigenvalue weighted by Crippen LogP contribution is 2.17.